The molecule has 4 rings (SSSR count). The molecule has 0 aromatic carbocycles. The fourth-order valence-electron chi connectivity index (χ4n) is 4.23. The van der Waals surface area contributed by atoms with Gasteiger partial charge < -0.3 is 20.7 Å². The fraction of sp³-hybridized carbons (Fsp3) is 0.667. The maximum Gasteiger partial charge on any atom is 0.152 e. The first kappa shape index (κ1) is 15.7. The summed E-state index contributed by atoms with van der Waals surface area (Å²) in [5.41, 5.74) is 9.54. The number of nitrogens with one attached hydrogen (secondary N) is 1. The minimum absolute atomic E-state index is 0.516. The topological polar surface area (TPSA) is 89.0 Å². The second kappa shape index (κ2) is 5.92. The van der Waals surface area contributed by atoms with Gasteiger partial charge in [0.2, 0.25) is 0 Å². The Kier molecular flexibility index (Phi) is 3.87. The van der Waals surface area contributed by atoms with Crippen LogP contribution in [0.2, 0.25) is 0 Å². The number of fused-ring (bicyclic) bond motifs is 3. The van der Waals surface area contributed by atoms with Crippen molar-refractivity contribution in [3.8, 4) is 0 Å². The number of rotatable bonds is 4. The van der Waals surface area contributed by atoms with E-state index in [0.29, 0.717) is 12.4 Å². The smallest absolute Gasteiger partial charge is 0.152 e. The second-order valence-corrected chi connectivity index (χ2v) is 7.34. The van der Waals surface area contributed by atoms with Crippen LogP contribution in [-0.2, 0) is 19.4 Å². The number of hydrogen-bond acceptors (Lipinski definition) is 5. The third-order valence-corrected chi connectivity index (χ3v) is 5.42. The van der Waals surface area contributed by atoms with Crippen molar-refractivity contribution < 1.29 is 5.11 Å². The molecule has 0 amide bonds. The third-order valence-electron chi connectivity index (χ3n) is 5.42. The lowest BCUT2D eigenvalue weighted by Crippen LogP contribution is -2.31. The van der Waals surface area contributed by atoms with Gasteiger partial charge in [-0.05, 0) is 32.1 Å². The summed E-state index contributed by atoms with van der Waals surface area (Å²) < 4.78 is 2.22. The summed E-state index contributed by atoms with van der Waals surface area (Å²) >= 11 is 0. The van der Waals surface area contributed by atoms with Crippen molar-refractivity contribution >= 4 is 22.5 Å². The summed E-state index contributed by atoms with van der Waals surface area (Å²) in [7, 11) is 0. The van der Waals surface area contributed by atoms with E-state index in [9.17, 15) is 5.11 Å². The quantitative estimate of drug-likeness (QED) is 0.802. The molecule has 1 aliphatic carbocycles. The molecule has 4 N–H and O–H groups in total. The lowest BCUT2D eigenvalue weighted by Gasteiger charge is -2.26. The van der Waals surface area contributed by atoms with E-state index in [1.165, 1.54) is 0 Å². The molecule has 0 bridgehead atoms. The zero-order chi connectivity index (χ0) is 16.7. The molecule has 2 aromatic heterocycles. The van der Waals surface area contributed by atoms with Crippen molar-refractivity contribution in [1.29, 1.82) is 0 Å². The van der Waals surface area contributed by atoms with Crippen LogP contribution in [0.4, 0.5) is 11.5 Å². The van der Waals surface area contributed by atoms with E-state index in [1.54, 1.807) is 0 Å². The molecule has 130 valence electrons. The van der Waals surface area contributed by atoms with E-state index >= 15 is 0 Å². The summed E-state index contributed by atoms with van der Waals surface area (Å²) in [5, 5.41) is 14.5. The Morgan fingerprint density at radius 3 is 2.79 bits per heavy atom. The molecule has 6 nitrogen and oxygen atoms in total. The number of hydrogen-bond donors (Lipinski definition) is 3. The number of nitrogen functional groups attached to an aromatic ring is 1. The summed E-state index contributed by atoms with van der Waals surface area (Å²) in [6.07, 6.45) is 7.87. The van der Waals surface area contributed by atoms with Crippen LogP contribution in [0, 0.1) is 0 Å². The van der Waals surface area contributed by atoms with E-state index in [-0.39, 0.29) is 0 Å². The van der Waals surface area contributed by atoms with Crippen LogP contribution in [0.25, 0.3) is 11.0 Å². The molecule has 0 radical (unpaired) electrons. The number of nitrogens with zero attached hydrogens (tertiary/aromatic N) is 3. The van der Waals surface area contributed by atoms with Gasteiger partial charge in [-0.3, -0.25) is 0 Å². The van der Waals surface area contributed by atoms with Gasteiger partial charge in [0.05, 0.1) is 29.0 Å². The van der Waals surface area contributed by atoms with Crippen molar-refractivity contribution in [1.82, 2.24) is 14.5 Å². The molecule has 1 fully saturated rings. The highest BCUT2D eigenvalue weighted by atomic mass is 16.3. The highest BCUT2D eigenvalue weighted by molar-refractivity contribution is 5.96. The predicted octanol–water partition coefficient (Wildman–Crippen LogP) is 2.63. The molecule has 24 heavy (non-hydrogen) atoms. The van der Waals surface area contributed by atoms with Crippen molar-refractivity contribution in [3.05, 3.63) is 11.5 Å². The zero-order valence-corrected chi connectivity index (χ0v) is 14.4. The number of imidazole rings is 1. The number of nitrogens with two attached hydrogens (primary N) is 1. The van der Waals surface area contributed by atoms with E-state index in [2.05, 4.69) is 21.8 Å². The Bertz CT molecular complexity index is 761. The fourth-order valence-corrected chi connectivity index (χ4v) is 4.23. The maximum absolute atomic E-state index is 11.0. The van der Waals surface area contributed by atoms with Crippen LogP contribution < -0.4 is 11.1 Å². The lowest BCUT2D eigenvalue weighted by atomic mass is 10.0. The van der Waals surface area contributed by atoms with Crippen molar-refractivity contribution in [2.24, 2.45) is 0 Å². The Labute approximate surface area is 142 Å². The maximum atomic E-state index is 11.0. The molecule has 0 atom stereocenters. The van der Waals surface area contributed by atoms with E-state index < -0.39 is 5.60 Å². The van der Waals surface area contributed by atoms with Crippen molar-refractivity contribution in [2.75, 3.05) is 17.6 Å². The van der Waals surface area contributed by atoms with Gasteiger partial charge in [-0.1, -0.05) is 19.8 Å². The first-order chi connectivity index (χ1) is 11.6. The monoisotopic (exact) mass is 329 g/mol. The molecule has 2 aliphatic rings. The molecular weight excluding hydrogens is 302 g/mol. The molecule has 1 saturated carbocycles. The molecule has 0 saturated heterocycles. The van der Waals surface area contributed by atoms with E-state index in [1.807, 2.05) is 0 Å². The number of pyridine rings is 1. The van der Waals surface area contributed by atoms with Crippen LogP contribution >= 0.6 is 0 Å². The van der Waals surface area contributed by atoms with E-state index in [0.717, 1.165) is 86.2 Å². The van der Waals surface area contributed by atoms with E-state index in [4.69, 9.17) is 10.7 Å². The second-order valence-electron chi connectivity index (χ2n) is 7.34. The molecule has 3 heterocycles. The number of aromatic nitrogens is 3. The van der Waals surface area contributed by atoms with Gasteiger partial charge in [-0.15, -0.1) is 0 Å². The number of aryl methyl sites for hydroxylation is 2. The van der Waals surface area contributed by atoms with Crippen LogP contribution in [0.5, 0.6) is 0 Å². The van der Waals surface area contributed by atoms with Crippen LogP contribution in [0.1, 0.15) is 57.0 Å². The molecule has 6 heteroatoms. The Hall–Kier alpha value is -1.82. The average Bonchev–Trinajstić information content (AvgIpc) is 3.14. The normalized spacial score (nSPS) is 19.4. The summed E-state index contributed by atoms with van der Waals surface area (Å²) in [6.45, 7) is 3.71. The Balaban J connectivity index is 1.90. The summed E-state index contributed by atoms with van der Waals surface area (Å²) in [4.78, 5) is 9.39. The summed E-state index contributed by atoms with van der Waals surface area (Å²) in [6, 6.07) is 0. The molecular formula is C18H27N5O. The number of anilines is 2. The van der Waals surface area contributed by atoms with Crippen LogP contribution in [-0.4, -0.2) is 31.8 Å². The van der Waals surface area contributed by atoms with Gasteiger partial charge in [0.15, 0.2) is 5.82 Å². The minimum atomic E-state index is -0.615. The standard InChI is InChI=1S/C18H27N5O/c1-2-6-13-22-15-16(23(13)11-18(24)8-3-4-9-18)14-12(21-17(15)19)7-5-10-20-14/h20,24H,2-11H2,1H3,(H2,19,21). The molecule has 0 spiro atoms. The van der Waals surface area contributed by atoms with Crippen molar-refractivity contribution in [2.45, 2.75) is 70.4 Å². The molecule has 1 aliphatic heterocycles. The average molecular weight is 329 g/mol. The van der Waals surface area contributed by atoms with Gasteiger partial charge >= 0.3 is 0 Å². The summed E-state index contributed by atoms with van der Waals surface area (Å²) in [5.74, 6) is 1.53. The van der Waals surface area contributed by atoms with Gasteiger partial charge in [0.1, 0.15) is 11.3 Å². The number of aliphatic hydroxyl groups is 1. The molecule has 2 aromatic rings. The molecule has 0 unspecified atom stereocenters. The predicted molar refractivity (Wildman–Crippen MR) is 96.2 cm³/mol. The zero-order valence-electron chi connectivity index (χ0n) is 14.4. The first-order valence-corrected chi connectivity index (χ1v) is 9.25. The third kappa shape index (κ3) is 2.53. The van der Waals surface area contributed by atoms with Crippen molar-refractivity contribution in [3.63, 3.8) is 0 Å². The van der Waals surface area contributed by atoms with Gasteiger partial charge in [0.25, 0.3) is 0 Å². The lowest BCUT2D eigenvalue weighted by molar-refractivity contribution is 0.0302. The van der Waals surface area contributed by atoms with Gasteiger partial charge in [0, 0.05) is 13.0 Å². The minimum Gasteiger partial charge on any atom is -0.388 e. The van der Waals surface area contributed by atoms with Crippen LogP contribution in [0.15, 0.2) is 0 Å². The first-order valence-electron chi connectivity index (χ1n) is 9.25. The largest absolute Gasteiger partial charge is 0.388 e. The van der Waals surface area contributed by atoms with Gasteiger partial charge in [-0.25, -0.2) is 9.97 Å². The van der Waals surface area contributed by atoms with Crippen LogP contribution in [0.3, 0.4) is 0 Å². The van der Waals surface area contributed by atoms with Gasteiger partial charge in [-0.2, -0.15) is 0 Å². The Morgan fingerprint density at radius 1 is 1.25 bits per heavy atom. The highest BCUT2D eigenvalue weighted by Crippen LogP contribution is 2.37. The SMILES string of the molecule is CCCc1nc2c(N)nc3c(c2n1CC1(O)CCCC1)NCCC3. The highest BCUT2D eigenvalue weighted by Gasteiger charge is 2.34. The Morgan fingerprint density at radius 2 is 2.04 bits per heavy atom.